The standard InChI is InChI=1S/C27H26N2O8/c1-34-21-12-11-18(27(32)33)15-19(21)28-26(31)20(29-25(30)16-8-6-5-7-9-16)14-17-10-13-22(35-2)24(37-4)23(17)36-3/h5-15H,1-4H3,(H,28,31)(H,29,30)(H,32,33)/b20-14-. The van der Waals surface area contributed by atoms with Crippen LogP contribution in [0.5, 0.6) is 23.0 Å². The maximum Gasteiger partial charge on any atom is 0.335 e. The van der Waals surface area contributed by atoms with E-state index in [1.54, 1.807) is 42.5 Å². The number of benzene rings is 3. The Morgan fingerprint density at radius 2 is 1.41 bits per heavy atom. The van der Waals surface area contributed by atoms with Gasteiger partial charge >= 0.3 is 5.97 Å². The zero-order valence-corrected chi connectivity index (χ0v) is 20.7. The van der Waals surface area contributed by atoms with Crippen molar-refractivity contribution in [2.75, 3.05) is 33.8 Å². The minimum Gasteiger partial charge on any atom is -0.495 e. The van der Waals surface area contributed by atoms with Crippen molar-refractivity contribution in [3.63, 3.8) is 0 Å². The molecule has 0 radical (unpaired) electrons. The highest BCUT2D eigenvalue weighted by Crippen LogP contribution is 2.40. The van der Waals surface area contributed by atoms with E-state index in [9.17, 15) is 19.5 Å². The van der Waals surface area contributed by atoms with Crippen LogP contribution >= 0.6 is 0 Å². The molecule has 3 N–H and O–H groups in total. The highest BCUT2D eigenvalue weighted by Gasteiger charge is 2.21. The third-order valence-electron chi connectivity index (χ3n) is 5.26. The number of aromatic carboxylic acids is 1. The van der Waals surface area contributed by atoms with Crippen molar-refractivity contribution >= 4 is 29.5 Å². The fourth-order valence-electron chi connectivity index (χ4n) is 3.46. The van der Waals surface area contributed by atoms with Gasteiger partial charge in [-0.05, 0) is 48.5 Å². The summed E-state index contributed by atoms with van der Waals surface area (Å²) in [6.45, 7) is 0. The number of carboxylic acids is 1. The molecule has 3 aromatic rings. The quantitative estimate of drug-likeness (QED) is 0.354. The Morgan fingerprint density at radius 3 is 2.00 bits per heavy atom. The summed E-state index contributed by atoms with van der Waals surface area (Å²) in [5, 5.41) is 14.6. The van der Waals surface area contributed by atoms with Gasteiger partial charge in [-0.1, -0.05) is 18.2 Å². The predicted molar refractivity (Wildman–Crippen MR) is 137 cm³/mol. The van der Waals surface area contributed by atoms with Gasteiger partial charge in [0.15, 0.2) is 11.5 Å². The molecule has 0 aliphatic heterocycles. The topological polar surface area (TPSA) is 132 Å². The van der Waals surface area contributed by atoms with Crippen molar-refractivity contribution in [1.82, 2.24) is 5.32 Å². The first-order valence-electron chi connectivity index (χ1n) is 10.9. The number of carboxylic acid groups (broad SMARTS) is 1. The van der Waals surface area contributed by atoms with Crippen LogP contribution in [-0.4, -0.2) is 51.3 Å². The number of nitrogens with one attached hydrogen (secondary N) is 2. The summed E-state index contributed by atoms with van der Waals surface area (Å²) in [6, 6.07) is 15.6. The highest BCUT2D eigenvalue weighted by atomic mass is 16.5. The van der Waals surface area contributed by atoms with Gasteiger partial charge in [0.2, 0.25) is 5.75 Å². The Balaban J connectivity index is 2.09. The Kier molecular flexibility index (Phi) is 8.71. The maximum absolute atomic E-state index is 13.4. The van der Waals surface area contributed by atoms with E-state index < -0.39 is 17.8 Å². The molecule has 0 heterocycles. The zero-order valence-electron chi connectivity index (χ0n) is 20.7. The molecule has 0 aliphatic carbocycles. The van der Waals surface area contributed by atoms with Crippen LogP contribution in [0.25, 0.3) is 6.08 Å². The molecule has 0 saturated heterocycles. The van der Waals surface area contributed by atoms with E-state index in [-0.39, 0.29) is 28.4 Å². The van der Waals surface area contributed by atoms with E-state index in [1.165, 1.54) is 52.7 Å². The second-order valence-corrected chi connectivity index (χ2v) is 7.48. The summed E-state index contributed by atoms with van der Waals surface area (Å²) >= 11 is 0. The fourth-order valence-corrected chi connectivity index (χ4v) is 3.46. The van der Waals surface area contributed by atoms with Crippen LogP contribution in [0.1, 0.15) is 26.3 Å². The van der Waals surface area contributed by atoms with Crippen LogP contribution in [0.3, 0.4) is 0 Å². The van der Waals surface area contributed by atoms with Gasteiger partial charge in [-0.2, -0.15) is 0 Å². The van der Waals surface area contributed by atoms with E-state index in [0.29, 0.717) is 22.6 Å². The largest absolute Gasteiger partial charge is 0.495 e. The molecule has 0 atom stereocenters. The fraction of sp³-hybridized carbons (Fsp3) is 0.148. The zero-order chi connectivity index (χ0) is 26.9. The van der Waals surface area contributed by atoms with E-state index >= 15 is 0 Å². The number of ether oxygens (including phenoxy) is 4. The van der Waals surface area contributed by atoms with Crippen molar-refractivity contribution in [3.8, 4) is 23.0 Å². The molecule has 10 nitrogen and oxygen atoms in total. The number of anilines is 1. The molecular weight excluding hydrogens is 480 g/mol. The number of amides is 2. The van der Waals surface area contributed by atoms with Crippen LogP contribution in [0, 0.1) is 0 Å². The Labute approximate surface area is 213 Å². The minimum atomic E-state index is -1.18. The lowest BCUT2D eigenvalue weighted by Crippen LogP contribution is -2.31. The molecule has 3 rings (SSSR count). The maximum atomic E-state index is 13.4. The molecule has 0 aliphatic rings. The summed E-state index contributed by atoms with van der Waals surface area (Å²) in [6.07, 6.45) is 1.41. The lowest BCUT2D eigenvalue weighted by molar-refractivity contribution is -0.113. The van der Waals surface area contributed by atoms with E-state index in [0.717, 1.165) is 0 Å². The summed E-state index contributed by atoms with van der Waals surface area (Å²) in [5.41, 5.74) is 0.626. The van der Waals surface area contributed by atoms with Crippen molar-refractivity contribution in [2.45, 2.75) is 0 Å². The highest BCUT2D eigenvalue weighted by molar-refractivity contribution is 6.11. The minimum absolute atomic E-state index is 0.0588. The van der Waals surface area contributed by atoms with Gasteiger partial charge in [-0.15, -0.1) is 0 Å². The molecule has 0 fully saturated rings. The van der Waals surface area contributed by atoms with Gasteiger partial charge in [0, 0.05) is 11.1 Å². The number of hydrogen-bond acceptors (Lipinski definition) is 7. The first-order chi connectivity index (χ1) is 17.8. The second-order valence-electron chi connectivity index (χ2n) is 7.48. The average molecular weight is 507 g/mol. The van der Waals surface area contributed by atoms with E-state index in [1.807, 2.05) is 0 Å². The lowest BCUT2D eigenvalue weighted by atomic mass is 10.1. The van der Waals surface area contributed by atoms with E-state index in [4.69, 9.17) is 18.9 Å². The van der Waals surface area contributed by atoms with Gasteiger partial charge in [0.05, 0.1) is 39.7 Å². The molecule has 2 amide bonds. The normalized spacial score (nSPS) is 10.8. The van der Waals surface area contributed by atoms with Gasteiger partial charge in [-0.3, -0.25) is 9.59 Å². The SMILES string of the molecule is COc1ccc(C(=O)O)cc1NC(=O)/C(=C/c1ccc(OC)c(OC)c1OC)NC(=O)c1ccccc1. The molecule has 37 heavy (non-hydrogen) atoms. The number of carbonyl (C=O) groups is 3. The molecule has 0 unspecified atom stereocenters. The molecular formula is C27H26N2O8. The van der Waals surface area contributed by atoms with Crippen LogP contribution < -0.4 is 29.6 Å². The Bertz CT molecular complexity index is 1340. The Hall–Kier alpha value is -4.99. The number of carbonyl (C=O) groups excluding carboxylic acids is 2. The summed E-state index contributed by atoms with van der Waals surface area (Å²) < 4.78 is 21.5. The Morgan fingerprint density at radius 1 is 0.757 bits per heavy atom. The lowest BCUT2D eigenvalue weighted by Gasteiger charge is -2.16. The number of methoxy groups -OCH3 is 4. The number of hydrogen-bond donors (Lipinski definition) is 3. The van der Waals surface area contributed by atoms with Crippen LogP contribution in [0.2, 0.25) is 0 Å². The first-order valence-corrected chi connectivity index (χ1v) is 10.9. The molecule has 3 aromatic carbocycles. The predicted octanol–water partition coefficient (Wildman–Crippen LogP) is 3.83. The monoisotopic (exact) mass is 506 g/mol. The van der Waals surface area contributed by atoms with Crippen molar-refractivity contribution < 1.29 is 38.4 Å². The smallest absolute Gasteiger partial charge is 0.335 e. The molecule has 192 valence electrons. The molecule has 0 bridgehead atoms. The van der Waals surface area contributed by atoms with Gasteiger partial charge < -0.3 is 34.7 Å². The second kappa shape index (κ2) is 12.1. The summed E-state index contributed by atoms with van der Waals surface area (Å²) in [7, 11) is 5.73. The third kappa shape index (κ3) is 6.17. The summed E-state index contributed by atoms with van der Waals surface area (Å²) in [5.74, 6) is -1.24. The van der Waals surface area contributed by atoms with Crippen molar-refractivity contribution in [3.05, 3.63) is 83.1 Å². The van der Waals surface area contributed by atoms with E-state index in [2.05, 4.69) is 10.6 Å². The van der Waals surface area contributed by atoms with Crippen LogP contribution in [0.4, 0.5) is 5.69 Å². The van der Waals surface area contributed by atoms with Gasteiger partial charge in [0.1, 0.15) is 11.4 Å². The first kappa shape index (κ1) is 26.6. The summed E-state index contributed by atoms with van der Waals surface area (Å²) in [4.78, 5) is 37.8. The number of rotatable bonds is 10. The molecule has 0 aromatic heterocycles. The molecule has 10 heteroatoms. The molecule has 0 spiro atoms. The van der Waals surface area contributed by atoms with Crippen molar-refractivity contribution in [1.29, 1.82) is 0 Å². The van der Waals surface area contributed by atoms with Gasteiger partial charge in [0.25, 0.3) is 11.8 Å². The van der Waals surface area contributed by atoms with Crippen LogP contribution in [0.15, 0.2) is 66.4 Å². The van der Waals surface area contributed by atoms with Crippen LogP contribution in [-0.2, 0) is 4.79 Å². The third-order valence-corrected chi connectivity index (χ3v) is 5.26. The van der Waals surface area contributed by atoms with Crippen molar-refractivity contribution in [2.24, 2.45) is 0 Å². The average Bonchev–Trinajstić information content (AvgIpc) is 2.92. The van der Waals surface area contributed by atoms with Gasteiger partial charge in [-0.25, -0.2) is 4.79 Å². The molecule has 0 saturated carbocycles.